The molecule has 2 aromatic heterocycles. The molecule has 1 aliphatic rings. The zero-order chi connectivity index (χ0) is 50.7. The van der Waals surface area contributed by atoms with Crippen molar-refractivity contribution in [3.63, 3.8) is 0 Å². The van der Waals surface area contributed by atoms with Crippen LogP contribution in [0.1, 0.15) is 141 Å². The quantitative estimate of drug-likeness (QED) is 0.154. The van der Waals surface area contributed by atoms with E-state index in [0.29, 0.717) is 33.8 Å². The molecule has 1 atom stereocenters. The minimum Gasteiger partial charge on any atom is -0.507 e. The first-order valence-corrected chi connectivity index (χ1v) is 22.3. The van der Waals surface area contributed by atoms with Gasteiger partial charge in [0, 0.05) is 47.1 Å². The Morgan fingerprint density at radius 3 is 2.00 bits per heavy atom. The van der Waals surface area contributed by atoms with E-state index in [2.05, 4.69) is 52.8 Å². The maximum Gasteiger partial charge on any atom is 0.148 e. The first kappa shape index (κ1) is 38.7. The molecule has 2 heterocycles. The third-order valence-electron chi connectivity index (χ3n) is 13.4. The maximum atomic E-state index is 11.6. The van der Waals surface area contributed by atoms with Gasteiger partial charge in [-0.1, -0.05) is 172 Å². The monoisotopic (exact) mass is 1040 g/mol. The summed E-state index contributed by atoms with van der Waals surface area (Å²) in [4.78, 5) is 10.3. The van der Waals surface area contributed by atoms with E-state index in [-0.39, 0.29) is 37.8 Å². The van der Waals surface area contributed by atoms with E-state index < -0.39 is 35.4 Å². The van der Waals surface area contributed by atoms with Crippen molar-refractivity contribution in [1.29, 1.82) is 0 Å². The van der Waals surface area contributed by atoms with Crippen molar-refractivity contribution in [1.82, 2.24) is 14.5 Å². The molecule has 0 saturated heterocycles. The van der Waals surface area contributed by atoms with Crippen LogP contribution in [0.3, 0.4) is 0 Å². The number of hydrogen-bond donors (Lipinski definition) is 1. The number of aromatic nitrogens is 3. The molecule has 1 N–H and O–H groups in total. The summed E-state index contributed by atoms with van der Waals surface area (Å²) in [7, 11) is 0. The molecule has 9 rings (SSSR count). The van der Waals surface area contributed by atoms with Crippen LogP contribution in [0.4, 0.5) is 0 Å². The number of nitrogens with zero attached hydrogens (tertiary/aromatic N) is 3. The van der Waals surface area contributed by atoms with Gasteiger partial charge >= 0.3 is 0 Å². The standard InChI is InChI=1S/C60H62N3O.Pt/c1-36(2)44-23-18-24-45(37(3)4)54(44)40-28-29-61-50(34-40)42-31-41(32-43(33-42)58(6,7)8)46-25-19-26-51-55(46)62-57(47-22-16-17-27-53(47)64)63(51)52-35-49-48(30-38(52)5)59(9,10)56(60(49,11)12)39-20-14-13-15-21-39;/h13-30,32-37,56,64H,1-12H3;/q-1;/i5D3,36D,37D,56D;. The summed E-state index contributed by atoms with van der Waals surface area (Å²) >= 11 is 0. The van der Waals surface area contributed by atoms with Gasteiger partial charge in [0.25, 0.3) is 0 Å². The topological polar surface area (TPSA) is 50.9 Å². The molecule has 4 nitrogen and oxygen atoms in total. The number of benzene rings is 6. The average molecular weight is 1040 g/mol. The van der Waals surface area contributed by atoms with Crippen molar-refractivity contribution in [2.24, 2.45) is 0 Å². The van der Waals surface area contributed by atoms with Gasteiger partial charge in [-0.25, -0.2) is 4.98 Å². The Labute approximate surface area is 409 Å². The summed E-state index contributed by atoms with van der Waals surface area (Å²) in [6, 6.07) is 44.3. The Bertz CT molecular complexity index is 3320. The number of imidazole rings is 1. The molecule has 5 heteroatoms. The number of hydrogen-bond acceptors (Lipinski definition) is 3. The summed E-state index contributed by atoms with van der Waals surface area (Å²) < 4.78 is 57.8. The summed E-state index contributed by atoms with van der Waals surface area (Å²) in [6.07, 6.45) is 1.78. The summed E-state index contributed by atoms with van der Waals surface area (Å²) in [6.45, 7) is 19.7. The maximum absolute atomic E-state index is 11.6. The van der Waals surface area contributed by atoms with Crippen LogP contribution < -0.4 is 0 Å². The van der Waals surface area contributed by atoms with Crippen LogP contribution in [-0.2, 0) is 37.3 Å². The van der Waals surface area contributed by atoms with E-state index in [9.17, 15) is 6.48 Å². The Balaban J connectivity index is 0.00000676. The zero-order valence-electron chi connectivity index (χ0n) is 45.3. The Hall–Kier alpha value is -5.57. The molecule has 0 saturated carbocycles. The van der Waals surface area contributed by atoms with Crippen molar-refractivity contribution in [2.45, 2.75) is 117 Å². The van der Waals surface area contributed by atoms with Gasteiger partial charge in [-0.15, -0.1) is 29.3 Å². The minimum atomic E-state index is -2.58. The molecule has 0 fully saturated rings. The summed E-state index contributed by atoms with van der Waals surface area (Å²) in [5.41, 5.74) is 10.2. The summed E-state index contributed by atoms with van der Waals surface area (Å²) in [5.74, 6) is -2.68. The number of fused-ring (bicyclic) bond motifs is 2. The molecule has 334 valence electrons. The fraction of sp³-hybridized carbons (Fsp3) is 0.300. The van der Waals surface area contributed by atoms with E-state index in [1.807, 2.05) is 137 Å². The fourth-order valence-corrected chi connectivity index (χ4v) is 10.3. The van der Waals surface area contributed by atoms with Crippen molar-refractivity contribution in [3.05, 3.63) is 179 Å². The first-order chi connectivity index (χ1) is 32.6. The molecule has 8 aromatic rings. The van der Waals surface area contributed by atoms with Crippen LogP contribution in [0.25, 0.3) is 61.6 Å². The van der Waals surface area contributed by atoms with Crippen molar-refractivity contribution in [3.8, 4) is 56.3 Å². The van der Waals surface area contributed by atoms with Gasteiger partial charge in [0.1, 0.15) is 11.6 Å². The Morgan fingerprint density at radius 2 is 1.35 bits per heavy atom. The predicted molar refractivity (Wildman–Crippen MR) is 268 cm³/mol. The largest absolute Gasteiger partial charge is 0.507 e. The number of aryl methyl sites for hydroxylation is 1. The SMILES string of the molecule is [2H]C([2H])([2H])c1cc2c(cc1-n1c(-c3ccccc3O)nc3c(-c4[c-]c(-c5cc(-c6c(C([2H])(C)C)cccc6C([2H])(C)C)ccn5)cc(C(C)(C)C)c4)cccc31)C(C)(C)C([2H])(c1ccccc1)C2(C)C.[Pt]. The predicted octanol–water partition coefficient (Wildman–Crippen LogP) is 15.8. The Kier molecular flexibility index (Phi) is 10.1. The molecular formula is C60H62N3OPt-. The molecule has 0 aliphatic heterocycles. The van der Waals surface area contributed by atoms with E-state index in [1.54, 1.807) is 30.5 Å². The van der Waals surface area contributed by atoms with Gasteiger partial charge < -0.3 is 5.11 Å². The number of rotatable bonds is 8. The van der Waals surface area contributed by atoms with Crippen LogP contribution in [0, 0.1) is 12.9 Å². The normalized spacial score (nSPS) is 18.4. The smallest absolute Gasteiger partial charge is 0.148 e. The molecule has 1 unspecified atom stereocenters. The summed E-state index contributed by atoms with van der Waals surface area (Å²) in [5, 5.41) is 11.6. The molecule has 6 aromatic carbocycles. The number of aromatic hydroxyl groups is 1. The van der Waals surface area contributed by atoms with Gasteiger partial charge in [0.05, 0.1) is 22.3 Å². The molecule has 1 aliphatic carbocycles. The second-order valence-corrected chi connectivity index (χ2v) is 20.0. The second-order valence-electron chi connectivity index (χ2n) is 20.0. The van der Waals surface area contributed by atoms with Crippen molar-refractivity contribution >= 4 is 11.0 Å². The Morgan fingerprint density at radius 1 is 0.738 bits per heavy atom. The third-order valence-corrected chi connectivity index (χ3v) is 13.4. The van der Waals surface area contributed by atoms with Gasteiger partial charge in [0.2, 0.25) is 0 Å². The molecule has 0 spiro atoms. The van der Waals surface area contributed by atoms with Crippen LogP contribution in [-0.4, -0.2) is 19.6 Å². The van der Waals surface area contributed by atoms with E-state index in [4.69, 9.17) is 16.8 Å². The number of phenols is 1. The van der Waals surface area contributed by atoms with Crippen LogP contribution in [0.5, 0.6) is 5.75 Å². The zero-order valence-corrected chi connectivity index (χ0v) is 41.6. The van der Waals surface area contributed by atoms with E-state index in [0.717, 1.165) is 61.2 Å². The average Bonchev–Trinajstić information content (AvgIpc) is 3.73. The van der Waals surface area contributed by atoms with Crippen molar-refractivity contribution < 1.29 is 34.4 Å². The van der Waals surface area contributed by atoms with E-state index in [1.165, 1.54) is 0 Å². The molecular weight excluding hydrogens is 974 g/mol. The van der Waals surface area contributed by atoms with Crippen LogP contribution >= 0.6 is 0 Å². The fourth-order valence-electron chi connectivity index (χ4n) is 10.3. The minimum absolute atomic E-state index is 0. The van der Waals surface area contributed by atoms with Gasteiger partial charge in [0.15, 0.2) is 0 Å². The number of para-hydroxylation sites is 2. The molecule has 0 radical (unpaired) electrons. The van der Waals surface area contributed by atoms with Gasteiger partial charge in [-0.3, -0.25) is 9.55 Å². The molecule has 65 heavy (non-hydrogen) atoms. The van der Waals surface area contributed by atoms with Crippen LogP contribution in [0.2, 0.25) is 0 Å². The van der Waals surface area contributed by atoms with E-state index >= 15 is 0 Å². The first-order valence-electron chi connectivity index (χ1n) is 25.3. The number of pyridine rings is 1. The number of phenolic OH excluding ortho intramolecular Hbond substituents is 1. The van der Waals surface area contributed by atoms with Crippen LogP contribution in [0.15, 0.2) is 134 Å². The van der Waals surface area contributed by atoms with Gasteiger partial charge in [-0.2, -0.15) is 0 Å². The van der Waals surface area contributed by atoms with Crippen molar-refractivity contribution in [2.75, 3.05) is 0 Å². The molecule has 0 bridgehead atoms. The molecule has 0 amide bonds. The third kappa shape index (κ3) is 7.90. The second kappa shape index (κ2) is 17.0. The van der Waals surface area contributed by atoms with Gasteiger partial charge in [-0.05, 0) is 110 Å².